The van der Waals surface area contributed by atoms with Crippen molar-refractivity contribution in [2.24, 2.45) is 10.9 Å². The average Bonchev–Trinajstić information content (AvgIpc) is 2.25. The second kappa shape index (κ2) is 5.54. The first-order valence-electron chi connectivity index (χ1n) is 4.13. The molecule has 0 radical (unpaired) electrons. The predicted molar refractivity (Wildman–Crippen MR) is 64.9 cm³/mol. The number of nitrogens with zero attached hydrogens (tertiary/aromatic N) is 1. The van der Waals surface area contributed by atoms with Crippen LogP contribution in [0.1, 0.15) is 10.4 Å². The largest absolute Gasteiger partial charge is 0.409 e. The molecule has 5 nitrogen and oxygen atoms in total. The van der Waals surface area contributed by atoms with Crippen LogP contribution in [0.5, 0.6) is 0 Å². The van der Waals surface area contributed by atoms with Gasteiger partial charge in [-0.25, -0.2) is 0 Å². The maximum Gasteiger partial charge on any atom is 0.251 e. The molecule has 0 unspecified atom stereocenters. The number of amidine groups is 1. The lowest BCUT2D eigenvalue weighted by molar-refractivity contribution is 0.0959. The van der Waals surface area contributed by atoms with Gasteiger partial charge in [0, 0.05) is 9.13 Å². The molecule has 0 spiro atoms. The van der Waals surface area contributed by atoms with Crippen molar-refractivity contribution >= 4 is 34.3 Å². The summed E-state index contributed by atoms with van der Waals surface area (Å²) < 4.78 is 0.976. The Morgan fingerprint density at radius 1 is 1.60 bits per heavy atom. The number of halogens is 1. The Hall–Kier alpha value is -1.31. The van der Waals surface area contributed by atoms with Gasteiger partial charge in [0.15, 0.2) is 5.84 Å². The van der Waals surface area contributed by atoms with Crippen molar-refractivity contribution in [1.82, 2.24) is 5.32 Å². The molecule has 6 heteroatoms. The summed E-state index contributed by atoms with van der Waals surface area (Å²) in [5, 5.41) is 13.5. The lowest BCUT2D eigenvalue weighted by Crippen LogP contribution is -2.33. The van der Waals surface area contributed by atoms with Crippen molar-refractivity contribution in [3.63, 3.8) is 0 Å². The van der Waals surface area contributed by atoms with Crippen LogP contribution in [0, 0.1) is 3.57 Å². The molecule has 1 aromatic rings. The topological polar surface area (TPSA) is 87.7 Å². The third-order valence-electron chi connectivity index (χ3n) is 1.65. The van der Waals surface area contributed by atoms with Gasteiger partial charge in [-0.2, -0.15) is 0 Å². The Bertz CT molecular complexity index is 393. The van der Waals surface area contributed by atoms with Crippen molar-refractivity contribution in [3.05, 3.63) is 33.4 Å². The molecule has 0 aliphatic rings. The van der Waals surface area contributed by atoms with E-state index < -0.39 is 0 Å². The van der Waals surface area contributed by atoms with Gasteiger partial charge in [-0.15, -0.1) is 0 Å². The number of hydrogen-bond acceptors (Lipinski definition) is 3. The van der Waals surface area contributed by atoms with Crippen molar-refractivity contribution in [2.45, 2.75) is 0 Å². The van der Waals surface area contributed by atoms with Crippen LogP contribution in [0.4, 0.5) is 0 Å². The maximum atomic E-state index is 11.5. The molecule has 0 fully saturated rings. The molecule has 0 aromatic heterocycles. The number of hydrogen-bond donors (Lipinski definition) is 3. The Balaban J connectivity index is 2.62. The molecule has 0 bridgehead atoms. The Morgan fingerprint density at radius 2 is 2.33 bits per heavy atom. The molecule has 0 aliphatic heterocycles. The highest BCUT2D eigenvalue weighted by Crippen LogP contribution is 2.07. The van der Waals surface area contributed by atoms with Crippen LogP contribution >= 0.6 is 22.6 Å². The van der Waals surface area contributed by atoms with Crippen LogP contribution in [0.25, 0.3) is 0 Å². The van der Waals surface area contributed by atoms with E-state index in [-0.39, 0.29) is 18.3 Å². The van der Waals surface area contributed by atoms with E-state index in [0.717, 1.165) is 3.57 Å². The first-order valence-corrected chi connectivity index (χ1v) is 5.21. The zero-order valence-corrected chi connectivity index (χ0v) is 9.93. The van der Waals surface area contributed by atoms with Gasteiger partial charge < -0.3 is 16.3 Å². The summed E-state index contributed by atoms with van der Waals surface area (Å²) in [4.78, 5) is 11.5. The van der Waals surface area contributed by atoms with Crippen LogP contribution in [0.3, 0.4) is 0 Å². The first kappa shape index (κ1) is 11.8. The molecule has 0 heterocycles. The fourth-order valence-electron chi connectivity index (χ4n) is 0.938. The number of nitrogens with two attached hydrogens (primary N) is 1. The molecular weight excluding hydrogens is 309 g/mol. The van der Waals surface area contributed by atoms with Crippen LogP contribution in [0.15, 0.2) is 29.4 Å². The van der Waals surface area contributed by atoms with Crippen LogP contribution < -0.4 is 11.1 Å². The highest BCUT2D eigenvalue weighted by Gasteiger charge is 2.05. The number of nitrogens with one attached hydrogen (secondary N) is 1. The molecule has 0 aliphatic carbocycles. The Morgan fingerprint density at radius 3 is 2.93 bits per heavy atom. The monoisotopic (exact) mass is 319 g/mol. The average molecular weight is 319 g/mol. The zero-order valence-electron chi connectivity index (χ0n) is 7.77. The normalized spacial score (nSPS) is 11.1. The van der Waals surface area contributed by atoms with Gasteiger partial charge >= 0.3 is 0 Å². The van der Waals surface area contributed by atoms with Gasteiger partial charge in [0.1, 0.15) is 0 Å². The minimum Gasteiger partial charge on any atom is -0.409 e. The first-order chi connectivity index (χ1) is 7.13. The second-order valence-electron chi connectivity index (χ2n) is 2.78. The highest BCUT2D eigenvalue weighted by atomic mass is 127. The van der Waals surface area contributed by atoms with Gasteiger partial charge in [-0.05, 0) is 40.8 Å². The predicted octanol–water partition coefficient (Wildman–Crippen LogP) is 0.767. The summed E-state index contributed by atoms with van der Waals surface area (Å²) in [6, 6.07) is 7.13. The maximum absolute atomic E-state index is 11.5. The van der Waals surface area contributed by atoms with E-state index in [2.05, 4.69) is 33.1 Å². The number of carbonyl (C=O) groups excluding carboxylic acids is 1. The third kappa shape index (κ3) is 3.74. The molecular formula is C9H10IN3O2. The third-order valence-corrected chi connectivity index (χ3v) is 2.32. The van der Waals surface area contributed by atoms with Crippen LogP contribution in [-0.4, -0.2) is 23.5 Å². The van der Waals surface area contributed by atoms with Gasteiger partial charge in [0.25, 0.3) is 5.91 Å². The summed E-state index contributed by atoms with van der Waals surface area (Å²) in [6.45, 7) is 0.0286. The molecule has 1 aromatic carbocycles. The molecule has 1 amide bonds. The molecule has 0 atom stereocenters. The molecule has 0 saturated heterocycles. The summed E-state index contributed by atoms with van der Waals surface area (Å²) in [6.07, 6.45) is 0. The molecule has 15 heavy (non-hydrogen) atoms. The van der Waals surface area contributed by atoms with Gasteiger partial charge in [-0.3, -0.25) is 4.79 Å². The quantitative estimate of drug-likeness (QED) is 0.253. The lowest BCUT2D eigenvalue weighted by atomic mass is 10.2. The summed E-state index contributed by atoms with van der Waals surface area (Å²) >= 11 is 2.12. The van der Waals surface area contributed by atoms with Gasteiger partial charge in [-0.1, -0.05) is 11.2 Å². The Kier molecular flexibility index (Phi) is 4.35. The van der Waals surface area contributed by atoms with Gasteiger partial charge in [0.05, 0.1) is 6.54 Å². The number of rotatable bonds is 3. The summed E-state index contributed by atoms with van der Waals surface area (Å²) in [7, 11) is 0. The lowest BCUT2D eigenvalue weighted by Gasteiger charge is -2.03. The smallest absolute Gasteiger partial charge is 0.251 e. The van der Waals surface area contributed by atoms with Crippen molar-refractivity contribution in [1.29, 1.82) is 0 Å². The zero-order chi connectivity index (χ0) is 11.3. The van der Waals surface area contributed by atoms with Crippen molar-refractivity contribution in [2.75, 3.05) is 6.54 Å². The van der Waals surface area contributed by atoms with E-state index in [1.807, 2.05) is 6.07 Å². The van der Waals surface area contributed by atoms with Crippen molar-refractivity contribution in [3.8, 4) is 0 Å². The fourth-order valence-corrected chi connectivity index (χ4v) is 1.48. The molecule has 1 rings (SSSR count). The number of amides is 1. The van der Waals surface area contributed by atoms with Gasteiger partial charge in [0.2, 0.25) is 0 Å². The molecule has 0 saturated carbocycles. The number of oxime groups is 1. The van der Waals surface area contributed by atoms with E-state index in [0.29, 0.717) is 5.56 Å². The summed E-state index contributed by atoms with van der Waals surface area (Å²) in [5.41, 5.74) is 5.76. The van der Waals surface area contributed by atoms with E-state index in [9.17, 15) is 4.79 Å². The fraction of sp³-hybridized carbons (Fsp3) is 0.111. The standard InChI is InChI=1S/C9H10IN3O2/c10-7-3-1-2-6(4-7)9(14)12-5-8(11)13-15/h1-4,15H,5H2,(H2,11,13)(H,12,14). The minimum absolute atomic E-state index is 0.0286. The minimum atomic E-state index is -0.250. The second-order valence-corrected chi connectivity index (χ2v) is 4.03. The molecule has 4 N–H and O–H groups in total. The van der Waals surface area contributed by atoms with Crippen LogP contribution in [-0.2, 0) is 0 Å². The van der Waals surface area contributed by atoms with E-state index in [1.165, 1.54) is 0 Å². The SMILES string of the molecule is N/C(CNC(=O)c1cccc(I)c1)=N\O. The number of carbonyl (C=O) groups is 1. The molecule has 80 valence electrons. The van der Waals surface area contributed by atoms with E-state index >= 15 is 0 Å². The van der Waals surface area contributed by atoms with E-state index in [4.69, 9.17) is 10.9 Å². The van der Waals surface area contributed by atoms with Crippen LogP contribution in [0.2, 0.25) is 0 Å². The Labute approximate surface area is 100 Å². The summed E-state index contributed by atoms with van der Waals surface area (Å²) in [5.74, 6) is -0.283. The van der Waals surface area contributed by atoms with E-state index in [1.54, 1.807) is 18.2 Å². The van der Waals surface area contributed by atoms with Crippen molar-refractivity contribution < 1.29 is 10.0 Å². The number of benzene rings is 1. The highest BCUT2D eigenvalue weighted by molar-refractivity contribution is 14.1.